The summed E-state index contributed by atoms with van der Waals surface area (Å²) in [5.74, 6) is -0.602. The Labute approximate surface area is 135 Å². The number of unbranched alkanes of at least 4 members (excludes halogenated alkanes) is 9. The number of carbonyl (C=O) groups excluding carboxylic acids is 2. The van der Waals surface area contributed by atoms with Gasteiger partial charge >= 0.3 is 0 Å². The van der Waals surface area contributed by atoms with Crippen LogP contribution in [0.4, 0.5) is 0 Å². The van der Waals surface area contributed by atoms with Crippen molar-refractivity contribution in [1.82, 2.24) is 5.32 Å². The van der Waals surface area contributed by atoms with Crippen molar-refractivity contribution >= 4 is 11.8 Å². The molecular weight excluding hydrogens is 278 g/mol. The van der Waals surface area contributed by atoms with Gasteiger partial charge in [0.2, 0.25) is 11.8 Å². The van der Waals surface area contributed by atoms with Crippen LogP contribution in [0.25, 0.3) is 0 Å². The fourth-order valence-electron chi connectivity index (χ4n) is 2.38. The third-order valence-corrected chi connectivity index (χ3v) is 3.87. The lowest BCUT2D eigenvalue weighted by Crippen LogP contribution is -2.41. The van der Waals surface area contributed by atoms with Crippen LogP contribution in [0.1, 0.15) is 84.0 Å². The van der Waals surface area contributed by atoms with Gasteiger partial charge in [0, 0.05) is 13.0 Å². The molecule has 5 N–H and O–H groups in total. The second-order valence-electron chi connectivity index (χ2n) is 6.08. The van der Waals surface area contributed by atoms with Gasteiger partial charge in [-0.1, -0.05) is 64.7 Å². The number of carbonyl (C=O) groups is 2. The van der Waals surface area contributed by atoms with Gasteiger partial charge in [0.25, 0.3) is 0 Å². The second-order valence-corrected chi connectivity index (χ2v) is 6.08. The van der Waals surface area contributed by atoms with Gasteiger partial charge in [-0.25, -0.2) is 0 Å². The van der Waals surface area contributed by atoms with Gasteiger partial charge in [0.05, 0.1) is 6.04 Å². The first-order valence-electron chi connectivity index (χ1n) is 8.89. The van der Waals surface area contributed by atoms with E-state index in [0.717, 1.165) is 12.8 Å². The summed E-state index contributed by atoms with van der Waals surface area (Å²) in [7, 11) is 0. The minimum absolute atomic E-state index is 0.160. The summed E-state index contributed by atoms with van der Waals surface area (Å²) in [6, 6.07) is -0.629. The van der Waals surface area contributed by atoms with Crippen LogP contribution in [-0.2, 0) is 9.59 Å². The van der Waals surface area contributed by atoms with Crippen molar-refractivity contribution in [2.45, 2.75) is 90.0 Å². The van der Waals surface area contributed by atoms with Crippen LogP contribution in [-0.4, -0.2) is 24.4 Å². The molecule has 0 aliphatic carbocycles. The molecule has 5 nitrogen and oxygen atoms in total. The predicted molar refractivity (Wildman–Crippen MR) is 91.3 cm³/mol. The van der Waals surface area contributed by atoms with Gasteiger partial charge in [0.15, 0.2) is 0 Å². The van der Waals surface area contributed by atoms with Crippen molar-refractivity contribution in [3.05, 3.63) is 0 Å². The fourth-order valence-corrected chi connectivity index (χ4v) is 2.38. The smallest absolute Gasteiger partial charge is 0.236 e. The maximum Gasteiger partial charge on any atom is 0.236 e. The molecule has 0 unspecified atom stereocenters. The highest BCUT2D eigenvalue weighted by Gasteiger charge is 2.13. The van der Waals surface area contributed by atoms with Crippen molar-refractivity contribution < 1.29 is 9.59 Å². The Kier molecular flexibility index (Phi) is 14.1. The third kappa shape index (κ3) is 13.9. The first kappa shape index (κ1) is 20.9. The molecule has 130 valence electrons. The zero-order valence-corrected chi connectivity index (χ0v) is 14.2. The van der Waals surface area contributed by atoms with Crippen LogP contribution >= 0.6 is 0 Å². The Hall–Kier alpha value is -1.10. The van der Waals surface area contributed by atoms with Crippen molar-refractivity contribution in [3.63, 3.8) is 0 Å². The van der Waals surface area contributed by atoms with Crippen LogP contribution in [0.15, 0.2) is 0 Å². The summed E-state index contributed by atoms with van der Waals surface area (Å²) in [5.41, 5.74) is 10.7. The van der Waals surface area contributed by atoms with Gasteiger partial charge in [-0.05, 0) is 12.8 Å². The molecule has 0 rings (SSSR count). The quantitative estimate of drug-likeness (QED) is 0.405. The molecule has 5 heteroatoms. The summed E-state index contributed by atoms with van der Waals surface area (Å²) in [5, 5.41) is 2.82. The molecule has 0 aliphatic heterocycles. The van der Waals surface area contributed by atoms with Crippen LogP contribution < -0.4 is 16.8 Å². The number of primary amides is 1. The molecule has 0 radical (unpaired) electrons. The van der Waals surface area contributed by atoms with E-state index in [4.69, 9.17) is 11.5 Å². The molecule has 1 atom stereocenters. The van der Waals surface area contributed by atoms with Gasteiger partial charge in [-0.2, -0.15) is 0 Å². The van der Waals surface area contributed by atoms with Gasteiger partial charge < -0.3 is 16.8 Å². The molecule has 0 saturated heterocycles. The molecule has 22 heavy (non-hydrogen) atoms. The molecule has 0 aromatic rings. The highest BCUT2D eigenvalue weighted by molar-refractivity contribution is 5.82. The van der Waals surface area contributed by atoms with E-state index in [2.05, 4.69) is 12.2 Å². The maximum atomic E-state index is 11.6. The molecule has 0 aromatic carbocycles. The first-order valence-corrected chi connectivity index (χ1v) is 8.89. The Bertz CT molecular complexity index is 296. The molecule has 0 heterocycles. The normalized spacial score (nSPS) is 12.1. The molecule has 0 spiro atoms. The summed E-state index contributed by atoms with van der Waals surface area (Å²) in [6.07, 6.45) is 13.2. The highest BCUT2D eigenvalue weighted by atomic mass is 16.2. The van der Waals surface area contributed by atoms with Crippen molar-refractivity contribution in [2.75, 3.05) is 6.54 Å². The van der Waals surface area contributed by atoms with E-state index in [1.807, 2.05) is 0 Å². The largest absolute Gasteiger partial charge is 0.370 e. The average Bonchev–Trinajstić information content (AvgIpc) is 2.49. The fraction of sp³-hybridized carbons (Fsp3) is 0.882. The number of nitrogens with one attached hydrogen (secondary N) is 1. The van der Waals surface area contributed by atoms with Gasteiger partial charge in [-0.3, -0.25) is 9.59 Å². The standard InChI is InChI=1S/C17H35N3O2/c1-2-3-4-5-6-7-8-9-10-11-14-20-17(22)15(18)12-13-16(19)21/h15H,2-14,18H2,1H3,(H2,19,21)(H,20,22)/t15-/m0/s1. The Balaban J connectivity index is 3.31. The summed E-state index contributed by atoms with van der Waals surface area (Å²) in [4.78, 5) is 22.2. The lowest BCUT2D eigenvalue weighted by molar-refractivity contribution is -0.122. The van der Waals surface area contributed by atoms with Gasteiger partial charge in [0.1, 0.15) is 0 Å². The minimum Gasteiger partial charge on any atom is -0.370 e. The van der Waals surface area contributed by atoms with Crippen molar-refractivity contribution in [1.29, 1.82) is 0 Å². The van der Waals surface area contributed by atoms with Crippen LogP contribution in [0.2, 0.25) is 0 Å². The number of hydrogen-bond donors (Lipinski definition) is 3. The molecule has 0 fully saturated rings. The summed E-state index contributed by atoms with van der Waals surface area (Å²) >= 11 is 0. The second kappa shape index (κ2) is 14.8. The van der Waals surface area contributed by atoms with Crippen LogP contribution in [0, 0.1) is 0 Å². The summed E-state index contributed by atoms with van der Waals surface area (Å²) in [6.45, 7) is 2.91. The number of nitrogens with two attached hydrogens (primary N) is 2. The number of hydrogen-bond acceptors (Lipinski definition) is 3. The molecule has 0 aliphatic rings. The van der Waals surface area contributed by atoms with E-state index in [1.165, 1.54) is 51.4 Å². The SMILES string of the molecule is CCCCCCCCCCCCNC(=O)[C@@H](N)CCC(N)=O. The molecule has 0 bridgehead atoms. The molecule has 2 amide bonds. The number of rotatable bonds is 15. The average molecular weight is 313 g/mol. The Morgan fingerprint density at radius 2 is 1.41 bits per heavy atom. The van der Waals surface area contributed by atoms with E-state index >= 15 is 0 Å². The van der Waals surface area contributed by atoms with Crippen LogP contribution in [0.3, 0.4) is 0 Å². The van der Waals surface area contributed by atoms with E-state index in [1.54, 1.807) is 0 Å². The van der Waals surface area contributed by atoms with E-state index in [-0.39, 0.29) is 12.3 Å². The maximum absolute atomic E-state index is 11.6. The topological polar surface area (TPSA) is 98.2 Å². The van der Waals surface area contributed by atoms with Crippen molar-refractivity contribution in [2.24, 2.45) is 11.5 Å². The van der Waals surface area contributed by atoms with E-state index in [0.29, 0.717) is 13.0 Å². The Morgan fingerprint density at radius 1 is 0.909 bits per heavy atom. The Morgan fingerprint density at radius 3 is 1.91 bits per heavy atom. The lowest BCUT2D eigenvalue weighted by atomic mass is 10.1. The van der Waals surface area contributed by atoms with E-state index in [9.17, 15) is 9.59 Å². The molecule has 0 aromatic heterocycles. The highest BCUT2D eigenvalue weighted by Crippen LogP contribution is 2.10. The van der Waals surface area contributed by atoms with Crippen molar-refractivity contribution in [3.8, 4) is 0 Å². The third-order valence-electron chi connectivity index (χ3n) is 3.87. The number of amides is 2. The predicted octanol–water partition coefficient (Wildman–Crippen LogP) is 2.62. The first-order chi connectivity index (χ1) is 10.6. The molecular formula is C17H35N3O2. The molecule has 0 saturated carbocycles. The summed E-state index contributed by atoms with van der Waals surface area (Å²) < 4.78 is 0. The van der Waals surface area contributed by atoms with Crippen LogP contribution in [0.5, 0.6) is 0 Å². The monoisotopic (exact) mass is 313 g/mol. The van der Waals surface area contributed by atoms with E-state index < -0.39 is 11.9 Å². The minimum atomic E-state index is -0.629. The van der Waals surface area contributed by atoms with Gasteiger partial charge in [-0.15, -0.1) is 0 Å². The zero-order chi connectivity index (χ0) is 16.6. The lowest BCUT2D eigenvalue weighted by Gasteiger charge is -2.11. The zero-order valence-electron chi connectivity index (χ0n) is 14.2.